The van der Waals surface area contributed by atoms with Crippen LogP contribution >= 0.6 is 23.4 Å². The highest BCUT2D eigenvalue weighted by atomic mass is 35.5. The summed E-state index contributed by atoms with van der Waals surface area (Å²) in [6, 6.07) is 11.4. The van der Waals surface area contributed by atoms with Crippen molar-refractivity contribution in [1.82, 2.24) is 10.2 Å². The molecule has 5 nitrogen and oxygen atoms in total. The molecule has 3 aromatic rings. The summed E-state index contributed by atoms with van der Waals surface area (Å²) in [6.07, 6.45) is 0. The number of aromatic nitrogens is 2. The van der Waals surface area contributed by atoms with Gasteiger partial charge in [0.05, 0.1) is 16.0 Å². The summed E-state index contributed by atoms with van der Waals surface area (Å²) in [6.45, 7) is 3.66. The van der Waals surface area contributed by atoms with E-state index in [2.05, 4.69) is 15.5 Å². The van der Waals surface area contributed by atoms with Crippen LogP contribution in [0.2, 0.25) is 5.02 Å². The number of hydrogen-bond donors (Lipinski definition) is 1. The third kappa shape index (κ3) is 4.23. The second-order valence-electron chi connectivity index (χ2n) is 5.56. The molecule has 134 valence electrons. The molecule has 1 amide bonds. The number of amides is 1. The number of nitrogens with zero attached hydrogens (tertiary/aromatic N) is 2. The van der Waals surface area contributed by atoms with Gasteiger partial charge in [0.1, 0.15) is 5.82 Å². The van der Waals surface area contributed by atoms with Crippen LogP contribution in [0.15, 0.2) is 52.1 Å². The first kappa shape index (κ1) is 18.4. The van der Waals surface area contributed by atoms with Gasteiger partial charge in [-0.25, -0.2) is 4.39 Å². The number of aryl methyl sites for hydroxylation is 1. The van der Waals surface area contributed by atoms with Gasteiger partial charge in [0.15, 0.2) is 0 Å². The van der Waals surface area contributed by atoms with Crippen molar-refractivity contribution in [2.24, 2.45) is 0 Å². The summed E-state index contributed by atoms with van der Waals surface area (Å²) < 4.78 is 18.7. The molecule has 0 aliphatic heterocycles. The fourth-order valence-electron chi connectivity index (χ4n) is 2.21. The van der Waals surface area contributed by atoms with Crippen LogP contribution in [0, 0.1) is 12.7 Å². The molecule has 1 heterocycles. The third-order valence-electron chi connectivity index (χ3n) is 3.62. The molecular weight excluding hydrogens is 377 g/mol. The molecule has 2 aromatic carbocycles. The van der Waals surface area contributed by atoms with E-state index in [9.17, 15) is 9.18 Å². The molecule has 0 unspecified atom stereocenters. The third-order valence-corrected chi connectivity index (χ3v) is 4.86. The Labute approximate surface area is 159 Å². The normalized spacial score (nSPS) is 12.0. The van der Waals surface area contributed by atoms with Gasteiger partial charge in [0, 0.05) is 5.56 Å². The summed E-state index contributed by atoms with van der Waals surface area (Å²) >= 11 is 7.05. The van der Waals surface area contributed by atoms with Crippen molar-refractivity contribution in [3.63, 3.8) is 0 Å². The lowest BCUT2D eigenvalue weighted by molar-refractivity contribution is -0.115. The lowest BCUT2D eigenvalue weighted by atomic mass is 10.1. The summed E-state index contributed by atoms with van der Waals surface area (Å²) in [7, 11) is 0. The minimum Gasteiger partial charge on any atom is -0.411 e. The average molecular weight is 392 g/mol. The quantitative estimate of drug-likeness (QED) is 0.623. The Hall–Kier alpha value is -2.38. The first-order valence-electron chi connectivity index (χ1n) is 7.76. The van der Waals surface area contributed by atoms with Crippen LogP contribution in [0.4, 0.5) is 10.1 Å². The van der Waals surface area contributed by atoms with E-state index in [1.807, 2.05) is 31.2 Å². The zero-order chi connectivity index (χ0) is 18.7. The molecule has 0 aliphatic carbocycles. The molecule has 0 bridgehead atoms. The standard InChI is InChI=1S/C18H15ClFN3O2S/c1-10-5-3-4-6-13(10)17-22-23-18(25-17)26-11(2)16(24)21-15-8-7-12(20)9-14(15)19/h3-9,11H,1-2H3,(H,21,24)/t11-/m1/s1. The molecule has 1 N–H and O–H groups in total. The number of halogens is 2. The molecule has 0 spiro atoms. The van der Waals surface area contributed by atoms with E-state index in [-0.39, 0.29) is 16.2 Å². The first-order chi connectivity index (χ1) is 12.4. The van der Waals surface area contributed by atoms with E-state index in [4.69, 9.17) is 16.0 Å². The predicted molar refractivity (Wildman–Crippen MR) is 99.8 cm³/mol. The van der Waals surface area contributed by atoms with Gasteiger partial charge in [-0.2, -0.15) is 0 Å². The van der Waals surface area contributed by atoms with Gasteiger partial charge >= 0.3 is 0 Å². The van der Waals surface area contributed by atoms with Crippen LogP contribution in [-0.2, 0) is 4.79 Å². The zero-order valence-electron chi connectivity index (χ0n) is 14.0. The van der Waals surface area contributed by atoms with Crippen LogP contribution < -0.4 is 5.32 Å². The van der Waals surface area contributed by atoms with E-state index in [0.29, 0.717) is 11.6 Å². The smallest absolute Gasteiger partial charge is 0.277 e. The van der Waals surface area contributed by atoms with Crippen molar-refractivity contribution >= 4 is 35.0 Å². The molecular formula is C18H15ClFN3O2S. The Kier molecular flexibility index (Phi) is 5.58. The van der Waals surface area contributed by atoms with Gasteiger partial charge in [-0.05, 0) is 43.7 Å². The highest BCUT2D eigenvalue weighted by Crippen LogP contribution is 2.29. The maximum Gasteiger partial charge on any atom is 0.277 e. The Morgan fingerprint density at radius 3 is 2.77 bits per heavy atom. The molecule has 1 aromatic heterocycles. The summed E-state index contributed by atoms with van der Waals surface area (Å²) in [5.74, 6) is -0.371. The summed E-state index contributed by atoms with van der Waals surface area (Å²) in [5.41, 5.74) is 2.21. The van der Waals surface area contributed by atoms with Gasteiger partial charge in [-0.1, -0.05) is 41.6 Å². The molecule has 0 aliphatic rings. The number of nitrogens with one attached hydrogen (secondary N) is 1. The second kappa shape index (κ2) is 7.88. The number of anilines is 1. The van der Waals surface area contributed by atoms with Crippen molar-refractivity contribution in [2.75, 3.05) is 5.32 Å². The van der Waals surface area contributed by atoms with E-state index >= 15 is 0 Å². The molecule has 0 fully saturated rings. The van der Waals surface area contributed by atoms with Crippen LogP contribution in [-0.4, -0.2) is 21.4 Å². The topological polar surface area (TPSA) is 68.0 Å². The van der Waals surface area contributed by atoms with E-state index in [1.54, 1.807) is 6.92 Å². The molecule has 0 saturated carbocycles. The van der Waals surface area contributed by atoms with Crippen LogP contribution in [0.5, 0.6) is 0 Å². The Morgan fingerprint density at radius 2 is 2.04 bits per heavy atom. The minimum atomic E-state index is -0.513. The highest BCUT2D eigenvalue weighted by Gasteiger charge is 2.20. The summed E-state index contributed by atoms with van der Waals surface area (Å²) in [5, 5.41) is 10.6. The van der Waals surface area contributed by atoms with Gasteiger partial charge in [0.25, 0.3) is 5.22 Å². The second-order valence-corrected chi connectivity index (χ2v) is 7.26. The average Bonchev–Trinajstić information content (AvgIpc) is 3.06. The number of hydrogen-bond acceptors (Lipinski definition) is 5. The molecule has 0 saturated heterocycles. The molecule has 1 atom stereocenters. The monoisotopic (exact) mass is 391 g/mol. The van der Waals surface area contributed by atoms with Crippen molar-refractivity contribution in [3.05, 3.63) is 58.9 Å². The van der Waals surface area contributed by atoms with Gasteiger partial charge < -0.3 is 9.73 Å². The van der Waals surface area contributed by atoms with Crippen LogP contribution in [0.25, 0.3) is 11.5 Å². The van der Waals surface area contributed by atoms with Crippen LogP contribution in [0.3, 0.4) is 0 Å². The van der Waals surface area contributed by atoms with Crippen molar-refractivity contribution < 1.29 is 13.6 Å². The molecule has 26 heavy (non-hydrogen) atoms. The van der Waals surface area contributed by atoms with E-state index < -0.39 is 11.1 Å². The number of carbonyl (C=O) groups excluding carboxylic acids is 1. The number of thioether (sulfide) groups is 1. The Bertz CT molecular complexity index is 948. The van der Waals surface area contributed by atoms with Gasteiger partial charge in [-0.15, -0.1) is 10.2 Å². The minimum absolute atomic E-state index is 0.134. The fourth-order valence-corrected chi connectivity index (χ4v) is 3.11. The van der Waals surface area contributed by atoms with Crippen molar-refractivity contribution in [3.8, 4) is 11.5 Å². The molecule has 0 radical (unpaired) electrons. The highest BCUT2D eigenvalue weighted by molar-refractivity contribution is 8.00. The fraction of sp³-hybridized carbons (Fsp3) is 0.167. The summed E-state index contributed by atoms with van der Waals surface area (Å²) in [4.78, 5) is 12.3. The van der Waals surface area contributed by atoms with Crippen molar-refractivity contribution in [1.29, 1.82) is 0 Å². The van der Waals surface area contributed by atoms with E-state index in [1.165, 1.54) is 12.1 Å². The largest absolute Gasteiger partial charge is 0.411 e. The zero-order valence-corrected chi connectivity index (χ0v) is 15.6. The predicted octanol–water partition coefficient (Wildman–Crippen LogP) is 4.96. The van der Waals surface area contributed by atoms with Crippen LogP contribution in [0.1, 0.15) is 12.5 Å². The van der Waals surface area contributed by atoms with E-state index in [0.717, 1.165) is 29.0 Å². The molecule has 8 heteroatoms. The molecule has 3 rings (SSSR count). The first-order valence-corrected chi connectivity index (χ1v) is 9.02. The Balaban J connectivity index is 1.67. The number of benzene rings is 2. The maximum absolute atomic E-state index is 13.1. The number of carbonyl (C=O) groups is 1. The lowest BCUT2D eigenvalue weighted by Gasteiger charge is -2.11. The lowest BCUT2D eigenvalue weighted by Crippen LogP contribution is -2.22. The van der Waals surface area contributed by atoms with Gasteiger partial charge in [0.2, 0.25) is 11.8 Å². The number of rotatable bonds is 5. The Morgan fingerprint density at radius 1 is 1.27 bits per heavy atom. The maximum atomic E-state index is 13.1. The van der Waals surface area contributed by atoms with Crippen molar-refractivity contribution in [2.45, 2.75) is 24.3 Å². The van der Waals surface area contributed by atoms with Gasteiger partial charge in [-0.3, -0.25) is 4.79 Å². The SMILES string of the molecule is Cc1ccccc1-c1nnc(S[C@H](C)C(=O)Nc2ccc(F)cc2Cl)o1.